The fraction of sp³-hybridized carbons (Fsp3) is 0.259. The number of aryl methyl sites for hydroxylation is 2. The molecule has 0 bridgehead atoms. The van der Waals surface area contributed by atoms with E-state index in [0.29, 0.717) is 5.82 Å². The summed E-state index contributed by atoms with van der Waals surface area (Å²) < 4.78 is 1.74. The van der Waals surface area contributed by atoms with Gasteiger partial charge in [0.05, 0.1) is 5.70 Å². The van der Waals surface area contributed by atoms with E-state index in [1.54, 1.807) is 4.68 Å². The first-order valence-corrected chi connectivity index (χ1v) is 10.8. The van der Waals surface area contributed by atoms with Crippen molar-refractivity contribution in [3.8, 4) is 11.4 Å². The van der Waals surface area contributed by atoms with Gasteiger partial charge in [-0.25, -0.2) is 0 Å². The molecule has 4 rings (SSSR count). The predicted octanol–water partition coefficient (Wildman–Crippen LogP) is 6.81. The molecule has 2 aromatic carbocycles. The number of nitrogens with one attached hydrogen (secondary N) is 1. The summed E-state index contributed by atoms with van der Waals surface area (Å²) in [5.74, 6) is 1.45. The van der Waals surface area contributed by atoms with Crippen molar-refractivity contribution in [2.75, 3.05) is 5.32 Å². The Morgan fingerprint density at radius 1 is 1.06 bits per heavy atom. The van der Waals surface area contributed by atoms with Gasteiger partial charge in [0, 0.05) is 11.3 Å². The van der Waals surface area contributed by atoms with Crippen LogP contribution in [0.15, 0.2) is 79.0 Å². The highest BCUT2D eigenvalue weighted by molar-refractivity contribution is 5.67. The van der Waals surface area contributed by atoms with Crippen molar-refractivity contribution in [1.82, 2.24) is 14.8 Å². The van der Waals surface area contributed by atoms with E-state index in [9.17, 15) is 0 Å². The van der Waals surface area contributed by atoms with Gasteiger partial charge in [-0.2, -0.15) is 9.67 Å². The number of hydrogen-bond donors (Lipinski definition) is 1. The third kappa shape index (κ3) is 5.60. The van der Waals surface area contributed by atoms with Gasteiger partial charge < -0.3 is 5.32 Å². The van der Waals surface area contributed by atoms with Crippen LogP contribution in [0.4, 0.5) is 5.95 Å². The topological polar surface area (TPSA) is 42.7 Å². The molecule has 0 amide bonds. The van der Waals surface area contributed by atoms with Gasteiger partial charge in [-0.1, -0.05) is 81.1 Å². The van der Waals surface area contributed by atoms with E-state index in [1.165, 1.54) is 22.3 Å². The third-order valence-corrected chi connectivity index (χ3v) is 5.21. The number of anilines is 1. The minimum Gasteiger partial charge on any atom is -0.328 e. The van der Waals surface area contributed by atoms with Crippen LogP contribution >= 0.6 is 0 Å². The Hall–Kier alpha value is -3.40. The van der Waals surface area contributed by atoms with Crippen LogP contribution in [0.2, 0.25) is 0 Å². The molecular formula is C27H32N4. The van der Waals surface area contributed by atoms with Crippen LogP contribution in [0.25, 0.3) is 17.1 Å². The zero-order chi connectivity index (χ0) is 22.4. The number of nitrogens with zero attached hydrogens (tertiary/aromatic N) is 3. The SMILES string of the molecule is C=C(C)Cc1ccc(C)c(CC)c1.C=C1C=C(CC)Nc2nc(-c3ccccc3)nn21. The zero-order valence-corrected chi connectivity index (χ0v) is 19.1. The molecule has 160 valence electrons. The molecule has 0 unspecified atom stereocenters. The number of allylic oxidation sites excluding steroid dienone is 4. The minimum atomic E-state index is 0.713. The maximum atomic E-state index is 4.51. The fourth-order valence-corrected chi connectivity index (χ4v) is 3.50. The summed E-state index contributed by atoms with van der Waals surface area (Å²) in [5, 5.41) is 7.73. The monoisotopic (exact) mass is 412 g/mol. The van der Waals surface area contributed by atoms with Crippen molar-refractivity contribution in [2.24, 2.45) is 0 Å². The van der Waals surface area contributed by atoms with Gasteiger partial charge in [-0.3, -0.25) is 0 Å². The number of fused-ring (bicyclic) bond motifs is 1. The number of benzene rings is 2. The highest BCUT2D eigenvalue weighted by Crippen LogP contribution is 2.25. The van der Waals surface area contributed by atoms with Crippen LogP contribution in [0.5, 0.6) is 0 Å². The van der Waals surface area contributed by atoms with E-state index in [0.717, 1.165) is 42.2 Å². The van der Waals surface area contributed by atoms with Crippen LogP contribution in [0, 0.1) is 6.92 Å². The molecule has 0 saturated carbocycles. The highest BCUT2D eigenvalue weighted by Gasteiger charge is 2.17. The molecule has 1 aliphatic rings. The van der Waals surface area contributed by atoms with Gasteiger partial charge in [0.15, 0.2) is 5.82 Å². The largest absolute Gasteiger partial charge is 0.328 e. The lowest BCUT2D eigenvalue weighted by atomic mass is 10.00. The molecule has 0 saturated heterocycles. The Kier molecular flexibility index (Phi) is 7.24. The maximum Gasteiger partial charge on any atom is 0.230 e. The first kappa shape index (κ1) is 22.3. The van der Waals surface area contributed by atoms with Crippen LogP contribution in [0.3, 0.4) is 0 Å². The second-order valence-electron chi connectivity index (χ2n) is 7.92. The number of hydrogen-bond acceptors (Lipinski definition) is 3. The Morgan fingerprint density at radius 2 is 1.81 bits per heavy atom. The molecule has 0 aliphatic carbocycles. The summed E-state index contributed by atoms with van der Waals surface area (Å²) in [6, 6.07) is 16.6. The standard InChI is InChI=1S/C14H14N4.C13H18/c1-3-12-9-10(2)18-14(15-12)16-13(17-18)11-7-5-4-6-8-11;1-5-13-9-12(8-10(2)3)7-6-11(13)4/h4-9H,2-3H2,1H3,(H,15,16,17);6-7,9H,2,5,8H2,1,3-4H3. The summed E-state index contributed by atoms with van der Waals surface area (Å²) in [6.45, 7) is 16.5. The average molecular weight is 413 g/mol. The summed E-state index contributed by atoms with van der Waals surface area (Å²) >= 11 is 0. The normalized spacial score (nSPS) is 12.3. The van der Waals surface area contributed by atoms with E-state index in [-0.39, 0.29) is 0 Å². The van der Waals surface area contributed by atoms with Crippen LogP contribution < -0.4 is 5.32 Å². The average Bonchev–Trinajstić information content (AvgIpc) is 3.20. The van der Waals surface area contributed by atoms with E-state index in [2.05, 4.69) is 74.5 Å². The molecule has 0 radical (unpaired) electrons. The van der Waals surface area contributed by atoms with Gasteiger partial charge in [0.2, 0.25) is 5.95 Å². The summed E-state index contributed by atoms with van der Waals surface area (Å²) in [7, 11) is 0. The first-order valence-electron chi connectivity index (χ1n) is 10.8. The summed E-state index contributed by atoms with van der Waals surface area (Å²) in [4.78, 5) is 4.51. The third-order valence-electron chi connectivity index (χ3n) is 5.21. The fourth-order valence-electron chi connectivity index (χ4n) is 3.50. The quantitative estimate of drug-likeness (QED) is 0.468. The molecular weight excluding hydrogens is 380 g/mol. The molecule has 0 fully saturated rings. The Bertz CT molecular complexity index is 1100. The van der Waals surface area contributed by atoms with Gasteiger partial charge in [0.25, 0.3) is 0 Å². The first-order chi connectivity index (χ1) is 14.9. The summed E-state index contributed by atoms with van der Waals surface area (Å²) in [5.41, 5.74) is 8.43. The van der Waals surface area contributed by atoms with Gasteiger partial charge in [0.1, 0.15) is 0 Å². The molecule has 4 heteroatoms. The van der Waals surface area contributed by atoms with Gasteiger partial charge >= 0.3 is 0 Å². The second-order valence-corrected chi connectivity index (χ2v) is 7.92. The van der Waals surface area contributed by atoms with Crippen molar-refractivity contribution in [1.29, 1.82) is 0 Å². The Morgan fingerprint density at radius 3 is 2.45 bits per heavy atom. The molecule has 31 heavy (non-hydrogen) atoms. The van der Waals surface area contributed by atoms with E-state index >= 15 is 0 Å². The molecule has 1 N–H and O–H groups in total. The maximum absolute atomic E-state index is 4.51. The van der Waals surface area contributed by atoms with Crippen LogP contribution in [-0.2, 0) is 12.8 Å². The van der Waals surface area contributed by atoms with Crippen LogP contribution in [0.1, 0.15) is 43.9 Å². The van der Waals surface area contributed by atoms with E-state index in [4.69, 9.17) is 0 Å². The number of rotatable bonds is 5. The van der Waals surface area contributed by atoms with Crippen molar-refractivity contribution < 1.29 is 0 Å². The van der Waals surface area contributed by atoms with E-state index < -0.39 is 0 Å². The summed E-state index contributed by atoms with van der Waals surface area (Å²) in [6.07, 6.45) is 5.05. The van der Waals surface area contributed by atoms with Crippen molar-refractivity contribution >= 4 is 11.6 Å². The highest BCUT2D eigenvalue weighted by atomic mass is 15.4. The van der Waals surface area contributed by atoms with Crippen molar-refractivity contribution in [3.63, 3.8) is 0 Å². The Balaban J connectivity index is 0.000000187. The minimum absolute atomic E-state index is 0.713. The van der Waals surface area contributed by atoms with Crippen LogP contribution in [-0.4, -0.2) is 14.8 Å². The second kappa shape index (κ2) is 10.1. The van der Waals surface area contributed by atoms with Crippen molar-refractivity contribution in [3.05, 3.63) is 95.7 Å². The van der Waals surface area contributed by atoms with E-state index in [1.807, 2.05) is 36.4 Å². The lowest BCUT2D eigenvalue weighted by Gasteiger charge is -2.15. The molecule has 4 nitrogen and oxygen atoms in total. The van der Waals surface area contributed by atoms with Gasteiger partial charge in [-0.15, -0.1) is 5.10 Å². The molecule has 0 spiro atoms. The zero-order valence-electron chi connectivity index (χ0n) is 19.1. The lowest BCUT2D eigenvalue weighted by Crippen LogP contribution is -2.12. The molecule has 1 aromatic heterocycles. The molecule has 0 atom stereocenters. The predicted molar refractivity (Wildman–Crippen MR) is 132 cm³/mol. The molecule has 3 aromatic rings. The smallest absolute Gasteiger partial charge is 0.230 e. The van der Waals surface area contributed by atoms with Crippen molar-refractivity contribution in [2.45, 2.75) is 47.0 Å². The molecule has 1 aliphatic heterocycles. The molecule has 2 heterocycles. The Labute approximate surface area is 186 Å². The van der Waals surface area contributed by atoms with Gasteiger partial charge in [-0.05, 0) is 55.9 Å². The lowest BCUT2D eigenvalue weighted by molar-refractivity contribution is 0.893. The number of aromatic nitrogens is 3.